The van der Waals surface area contributed by atoms with Crippen LogP contribution in [0.25, 0.3) is 0 Å². The summed E-state index contributed by atoms with van der Waals surface area (Å²) in [4.78, 5) is 34.3. The molecule has 0 N–H and O–H groups in total. The van der Waals surface area contributed by atoms with Gasteiger partial charge in [0.1, 0.15) is 17.2 Å². The number of hydrogen-bond donors (Lipinski definition) is 0. The van der Waals surface area contributed by atoms with Gasteiger partial charge in [0, 0.05) is 6.08 Å². The van der Waals surface area contributed by atoms with E-state index in [9.17, 15) is 18.8 Å². The molecule has 0 aromatic heterocycles. The number of carbonyl (C=O) groups is 3. The van der Waals surface area contributed by atoms with Crippen LogP contribution in [0.2, 0.25) is 0 Å². The summed E-state index contributed by atoms with van der Waals surface area (Å²) in [5.74, 6) is -2.41. The van der Waals surface area contributed by atoms with Crippen LogP contribution in [-0.4, -0.2) is 31.1 Å². The Kier molecular flexibility index (Phi) is 10.3. The molecule has 0 amide bonds. The molecule has 2 aromatic carbocycles. The highest BCUT2D eigenvalue weighted by atomic mass is 19.1. The van der Waals surface area contributed by atoms with Crippen molar-refractivity contribution < 1.29 is 37.7 Å². The SMILES string of the molecule is C=CC(=O)OCCCCCCOc1ccc(C(=O)Oc2ccc(OC(=O)C(=C)F)cc2)cc1. The summed E-state index contributed by atoms with van der Waals surface area (Å²) >= 11 is 0. The topological polar surface area (TPSA) is 88.1 Å². The van der Waals surface area contributed by atoms with Gasteiger partial charge in [-0.2, -0.15) is 4.39 Å². The quantitative estimate of drug-likeness (QED) is 0.182. The summed E-state index contributed by atoms with van der Waals surface area (Å²) in [6.07, 6.45) is 4.65. The fraction of sp³-hybridized carbons (Fsp3) is 0.240. The molecule has 0 unspecified atom stereocenters. The van der Waals surface area contributed by atoms with Crippen molar-refractivity contribution >= 4 is 17.9 Å². The smallest absolute Gasteiger partial charge is 0.371 e. The lowest BCUT2D eigenvalue weighted by molar-refractivity contribution is -0.137. The number of hydrogen-bond acceptors (Lipinski definition) is 7. The number of halogens is 1. The van der Waals surface area contributed by atoms with Crippen LogP contribution in [0.3, 0.4) is 0 Å². The summed E-state index contributed by atoms with van der Waals surface area (Å²) < 4.78 is 33.2. The highest BCUT2D eigenvalue weighted by Crippen LogP contribution is 2.20. The minimum atomic E-state index is -1.21. The Morgan fingerprint density at radius 1 is 0.788 bits per heavy atom. The van der Waals surface area contributed by atoms with E-state index in [4.69, 9.17) is 18.9 Å². The molecule has 0 spiro atoms. The molecule has 174 valence electrons. The van der Waals surface area contributed by atoms with Crippen LogP contribution < -0.4 is 14.2 Å². The summed E-state index contributed by atoms with van der Waals surface area (Å²) in [5.41, 5.74) is 0.334. The van der Waals surface area contributed by atoms with E-state index in [1.54, 1.807) is 24.3 Å². The van der Waals surface area contributed by atoms with Gasteiger partial charge in [0.2, 0.25) is 5.83 Å². The first-order chi connectivity index (χ1) is 15.9. The highest BCUT2D eigenvalue weighted by Gasteiger charge is 2.11. The van der Waals surface area contributed by atoms with Gasteiger partial charge in [-0.3, -0.25) is 0 Å². The lowest BCUT2D eigenvalue weighted by Gasteiger charge is -2.08. The number of rotatable bonds is 13. The summed E-state index contributed by atoms with van der Waals surface area (Å²) in [6.45, 7) is 7.11. The van der Waals surface area contributed by atoms with Crippen molar-refractivity contribution in [3.05, 3.63) is 79.2 Å². The maximum absolute atomic E-state index is 12.7. The second-order valence-electron chi connectivity index (χ2n) is 6.81. The second kappa shape index (κ2) is 13.5. The molecular formula is C25H25FO7. The minimum absolute atomic E-state index is 0.0937. The molecule has 0 aliphatic carbocycles. The minimum Gasteiger partial charge on any atom is -0.494 e. The van der Waals surface area contributed by atoms with Gasteiger partial charge in [-0.15, -0.1) is 0 Å². The number of ether oxygens (including phenoxy) is 4. The van der Waals surface area contributed by atoms with Gasteiger partial charge < -0.3 is 18.9 Å². The van der Waals surface area contributed by atoms with Crippen molar-refractivity contribution in [1.29, 1.82) is 0 Å². The molecule has 0 aliphatic rings. The predicted molar refractivity (Wildman–Crippen MR) is 119 cm³/mol. The Bertz CT molecular complexity index is 965. The van der Waals surface area contributed by atoms with E-state index in [0.29, 0.717) is 24.5 Å². The molecule has 0 heterocycles. The van der Waals surface area contributed by atoms with E-state index in [1.165, 1.54) is 24.3 Å². The van der Waals surface area contributed by atoms with Crippen molar-refractivity contribution in [1.82, 2.24) is 0 Å². The monoisotopic (exact) mass is 456 g/mol. The largest absolute Gasteiger partial charge is 0.494 e. The van der Waals surface area contributed by atoms with E-state index < -0.39 is 23.7 Å². The molecule has 0 bridgehead atoms. The van der Waals surface area contributed by atoms with Gasteiger partial charge in [-0.1, -0.05) is 13.2 Å². The van der Waals surface area contributed by atoms with Crippen LogP contribution in [0.15, 0.2) is 73.6 Å². The maximum Gasteiger partial charge on any atom is 0.371 e. The van der Waals surface area contributed by atoms with E-state index in [2.05, 4.69) is 13.2 Å². The normalized spacial score (nSPS) is 10.1. The molecule has 8 heteroatoms. The standard InChI is InChI=1S/C25H25FO7/c1-3-23(27)31-17-7-5-4-6-16-30-20-10-8-19(9-11-20)25(29)33-22-14-12-21(13-15-22)32-24(28)18(2)26/h3,8-15H,1-2,4-7,16-17H2. The van der Waals surface area contributed by atoms with Crippen LogP contribution in [-0.2, 0) is 14.3 Å². The maximum atomic E-state index is 12.7. The summed E-state index contributed by atoms with van der Waals surface area (Å²) in [6, 6.07) is 12.1. The number of unbranched alkanes of at least 4 members (excludes halogenated alkanes) is 3. The van der Waals surface area contributed by atoms with Crippen molar-refractivity contribution in [2.75, 3.05) is 13.2 Å². The molecular weight excluding hydrogens is 431 g/mol. The number of benzene rings is 2. The highest BCUT2D eigenvalue weighted by molar-refractivity contribution is 5.91. The summed E-state index contributed by atoms with van der Waals surface area (Å²) in [5, 5.41) is 0. The Morgan fingerprint density at radius 3 is 1.91 bits per heavy atom. The van der Waals surface area contributed by atoms with Crippen molar-refractivity contribution in [3.8, 4) is 17.2 Å². The Hall–Kier alpha value is -3.94. The van der Waals surface area contributed by atoms with Gasteiger partial charge in [0.05, 0.1) is 18.8 Å². The van der Waals surface area contributed by atoms with Crippen LogP contribution in [0, 0.1) is 0 Å². The Morgan fingerprint density at radius 2 is 1.33 bits per heavy atom. The summed E-state index contributed by atoms with van der Waals surface area (Å²) in [7, 11) is 0. The molecule has 0 fully saturated rings. The fourth-order valence-electron chi connectivity index (χ4n) is 2.57. The zero-order chi connectivity index (χ0) is 24.1. The molecule has 0 saturated heterocycles. The molecule has 33 heavy (non-hydrogen) atoms. The number of esters is 3. The van der Waals surface area contributed by atoms with Crippen LogP contribution in [0.1, 0.15) is 36.0 Å². The molecule has 0 atom stereocenters. The average Bonchev–Trinajstić information content (AvgIpc) is 2.82. The fourth-order valence-corrected chi connectivity index (χ4v) is 2.57. The molecule has 0 radical (unpaired) electrons. The van der Waals surface area contributed by atoms with Crippen LogP contribution >= 0.6 is 0 Å². The molecule has 7 nitrogen and oxygen atoms in total. The zero-order valence-corrected chi connectivity index (χ0v) is 18.1. The van der Waals surface area contributed by atoms with E-state index in [1.807, 2.05) is 0 Å². The van der Waals surface area contributed by atoms with Crippen molar-refractivity contribution in [3.63, 3.8) is 0 Å². The van der Waals surface area contributed by atoms with E-state index in [0.717, 1.165) is 31.8 Å². The number of carbonyl (C=O) groups excluding carboxylic acids is 3. The average molecular weight is 456 g/mol. The van der Waals surface area contributed by atoms with Gasteiger partial charge in [-0.25, -0.2) is 14.4 Å². The lowest BCUT2D eigenvalue weighted by Crippen LogP contribution is -2.09. The molecule has 2 aromatic rings. The Labute approximate surface area is 191 Å². The van der Waals surface area contributed by atoms with Crippen LogP contribution in [0.5, 0.6) is 17.2 Å². The van der Waals surface area contributed by atoms with Crippen molar-refractivity contribution in [2.45, 2.75) is 25.7 Å². The third kappa shape index (κ3) is 9.39. The lowest BCUT2D eigenvalue weighted by atomic mass is 10.2. The third-order valence-corrected chi connectivity index (χ3v) is 4.27. The molecule has 2 rings (SSSR count). The predicted octanol–water partition coefficient (Wildman–Crippen LogP) is 4.96. The van der Waals surface area contributed by atoms with E-state index >= 15 is 0 Å². The third-order valence-electron chi connectivity index (χ3n) is 4.27. The first-order valence-corrected chi connectivity index (χ1v) is 10.3. The van der Waals surface area contributed by atoms with Crippen molar-refractivity contribution in [2.24, 2.45) is 0 Å². The van der Waals surface area contributed by atoms with E-state index in [-0.39, 0.29) is 11.5 Å². The van der Waals surface area contributed by atoms with Gasteiger partial charge >= 0.3 is 17.9 Å². The molecule has 0 aliphatic heterocycles. The molecule has 0 saturated carbocycles. The zero-order valence-electron chi connectivity index (χ0n) is 18.1. The van der Waals surface area contributed by atoms with Gasteiger partial charge in [0.25, 0.3) is 0 Å². The Balaban J connectivity index is 1.70. The van der Waals surface area contributed by atoms with Gasteiger partial charge in [0.15, 0.2) is 0 Å². The van der Waals surface area contributed by atoms with Crippen LogP contribution in [0.4, 0.5) is 4.39 Å². The first kappa shape index (κ1) is 25.3. The van der Waals surface area contributed by atoms with Gasteiger partial charge in [-0.05, 0) is 74.2 Å². The second-order valence-corrected chi connectivity index (χ2v) is 6.81. The first-order valence-electron chi connectivity index (χ1n) is 10.3.